The SMILES string of the molecule is CCC(C)(CO)NC(=O)CCCOc1ccccc1C. The maximum atomic E-state index is 11.8. The number of amides is 1. The number of carbonyl (C=O) groups excluding carboxylic acids is 1. The maximum Gasteiger partial charge on any atom is 0.220 e. The molecule has 20 heavy (non-hydrogen) atoms. The van der Waals surface area contributed by atoms with Gasteiger partial charge in [-0.3, -0.25) is 4.79 Å². The Hall–Kier alpha value is -1.55. The zero-order valence-electron chi connectivity index (χ0n) is 12.6. The van der Waals surface area contributed by atoms with E-state index < -0.39 is 5.54 Å². The minimum atomic E-state index is -0.520. The van der Waals surface area contributed by atoms with Crippen molar-refractivity contribution in [2.45, 2.75) is 45.6 Å². The predicted molar refractivity (Wildman–Crippen MR) is 79.8 cm³/mol. The molecule has 1 amide bonds. The lowest BCUT2D eigenvalue weighted by Gasteiger charge is -2.27. The highest BCUT2D eigenvalue weighted by molar-refractivity contribution is 5.76. The molecule has 0 aliphatic carbocycles. The van der Waals surface area contributed by atoms with Crippen LogP contribution >= 0.6 is 0 Å². The van der Waals surface area contributed by atoms with Crippen molar-refractivity contribution < 1.29 is 14.6 Å². The van der Waals surface area contributed by atoms with Crippen LogP contribution in [0.1, 0.15) is 38.7 Å². The molecular formula is C16H25NO3. The van der Waals surface area contributed by atoms with E-state index in [0.29, 0.717) is 25.9 Å². The minimum Gasteiger partial charge on any atom is -0.493 e. The third-order valence-electron chi connectivity index (χ3n) is 3.47. The standard InChI is InChI=1S/C16H25NO3/c1-4-16(3,12-18)17-15(19)10-7-11-20-14-9-6-5-8-13(14)2/h5-6,8-9,18H,4,7,10-12H2,1-3H3,(H,17,19). The number of hydrogen-bond acceptors (Lipinski definition) is 3. The van der Waals surface area contributed by atoms with Gasteiger partial charge in [-0.25, -0.2) is 0 Å². The Balaban J connectivity index is 2.28. The van der Waals surface area contributed by atoms with Crippen molar-refractivity contribution in [2.24, 2.45) is 0 Å². The molecule has 0 radical (unpaired) electrons. The highest BCUT2D eigenvalue weighted by Crippen LogP contribution is 2.16. The summed E-state index contributed by atoms with van der Waals surface area (Å²) in [6.45, 7) is 6.25. The van der Waals surface area contributed by atoms with Gasteiger partial charge in [0.25, 0.3) is 0 Å². The molecule has 1 atom stereocenters. The lowest BCUT2D eigenvalue weighted by molar-refractivity contribution is -0.123. The molecule has 0 bridgehead atoms. The molecule has 4 heteroatoms. The molecular weight excluding hydrogens is 254 g/mol. The number of carbonyl (C=O) groups is 1. The van der Waals surface area contributed by atoms with Crippen LogP contribution in [0.25, 0.3) is 0 Å². The maximum absolute atomic E-state index is 11.8. The highest BCUT2D eigenvalue weighted by Gasteiger charge is 2.22. The number of nitrogens with one attached hydrogen (secondary N) is 1. The second-order valence-corrected chi connectivity index (χ2v) is 5.34. The second kappa shape index (κ2) is 7.90. The Morgan fingerprint density at radius 1 is 1.40 bits per heavy atom. The number of benzene rings is 1. The molecule has 0 heterocycles. The van der Waals surface area contributed by atoms with Crippen molar-refractivity contribution in [3.63, 3.8) is 0 Å². The Morgan fingerprint density at radius 3 is 2.70 bits per heavy atom. The van der Waals surface area contributed by atoms with Gasteiger partial charge in [0, 0.05) is 6.42 Å². The molecule has 1 unspecified atom stereocenters. The molecule has 112 valence electrons. The average Bonchev–Trinajstić information content (AvgIpc) is 2.45. The largest absolute Gasteiger partial charge is 0.493 e. The van der Waals surface area contributed by atoms with E-state index in [1.54, 1.807) is 0 Å². The average molecular weight is 279 g/mol. The second-order valence-electron chi connectivity index (χ2n) is 5.34. The number of aryl methyl sites for hydroxylation is 1. The quantitative estimate of drug-likeness (QED) is 0.719. The first-order chi connectivity index (χ1) is 9.50. The Bertz CT molecular complexity index is 427. The summed E-state index contributed by atoms with van der Waals surface area (Å²) in [6.07, 6.45) is 1.77. The van der Waals surface area contributed by atoms with Crippen LogP contribution in [0.5, 0.6) is 5.75 Å². The van der Waals surface area contributed by atoms with E-state index in [9.17, 15) is 9.90 Å². The van der Waals surface area contributed by atoms with Gasteiger partial charge in [-0.1, -0.05) is 25.1 Å². The lowest BCUT2D eigenvalue weighted by atomic mass is 10.00. The molecule has 0 saturated heterocycles. The number of rotatable bonds is 8. The summed E-state index contributed by atoms with van der Waals surface area (Å²) in [4.78, 5) is 11.8. The number of para-hydroxylation sites is 1. The van der Waals surface area contributed by atoms with Gasteiger partial charge in [0.1, 0.15) is 5.75 Å². The van der Waals surface area contributed by atoms with E-state index in [-0.39, 0.29) is 12.5 Å². The fourth-order valence-electron chi connectivity index (χ4n) is 1.77. The van der Waals surface area contributed by atoms with E-state index >= 15 is 0 Å². The first-order valence-corrected chi connectivity index (χ1v) is 7.11. The summed E-state index contributed by atoms with van der Waals surface area (Å²) in [5, 5.41) is 12.1. The van der Waals surface area contributed by atoms with Gasteiger partial charge >= 0.3 is 0 Å². The summed E-state index contributed by atoms with van der Waals surface area (Å²) < 4.78 is 5.64. The van der Waals surface area contributed by atoms with Gasteiger partial charge in [0.15, 0.2) is 0 Å². The van der Waals surface area contributed by atoms with Crippen LogP contribution in [0.4, 0.5) is 0 Å². The van der Waals surface area contributed by atoms with Gasteiger partial charge < -0.3 is 15.2 Å². The van der Waals surface area contributed by atoms with Crippen molar-refractivity contribution in [1.29, 1.82) is 0 Å². The van der Waals surface area contributed by atoms with Crippen molar-refractivity contribution in [2.75, 3.05) is 13.2 Å². The van der Waals surface area contributed by atoms with Crippen LogP contribution in [0.15, 0.2) is 24.3 Å². The first kappa shape index (κ1) is 16.5. The van der Waals surface area contributed by atoms with Gasteiger partial charge in [0.05, 0.1) is 18.8 Å². The molecule has 2 N–H and O–H groups in total. The van der Waals surface area contributed by atoms with E-state index in [0.717, 1.165) is 11.3 Å². The lowest BCUT2D eigenvalue weighted by Crippen LogP contribution is -2.48. The summed E-state index contributed by atoms with van der Waals surface area (Å²) >= 11 is 0. The van der Waals surface area contributed by atoms with Crippen LogP contribution < -0.4 is 10.1 Å². The Morgan fingerprint density at radius 2 is 2.10 bits per heavy atom. The third kappa shape index (κ3) is 5.21. The summed E-state index contributed by atoms with van der Waals surface area (Å²) in [7, 11) is 0. The van der Waals surface area contributed by atoms with Gasteiger partial charge in [-0.15, -0.1) is 0 Å². The molecule has 4 nitrogen and oxygen atoms in total. The topological polar surface area (TPSA) is 58.6 Å². The normalized spacial score (nSPS) is 13.6. The third-order valence-corrected chi connectivity index (χ3v) is 3.47. The smallest absolute Gasteiger partial charge is 0.220 e. The van der Waals surface area contributed by atoms with Crippen LogP contribution in [-0.2, 0) is 4.79 Å². The number of hydrogen-bond donors (Lipinski definition) is 2. The Kier molecular flexibility index (Phi) is 6.52. The van der Waals surface area contributed by atoms with Crippen LogP contribution in [0.3, 0.4) is 0 Å². The summed E-state index contributed by atoms with van der Waals surface area (Å²) in [6, 6.07) is 7.82. The Labute approximate surface area is 121 Å². The molecule has 1 rings (SSSR count). The number of aliphatic hydroxyl groups is 1. The molecule has 0 spiro atoms. The molecule has 0 aliphatic heterocycles. The summed E-state index contributed by atoms with van der Waals surface area (Å²) in [5.41, 5.74) is 0.573. The van der Waals surface area contributed by atoms with Crippen molar-refractivity contribution in [1.82, 2.24) is 5.32 Å². The van der Waals surface area contributed by atoms with Crippen LogP contribution in [0.2, 0.25) is 0 Å². The van der Waals surface area contributed by atoms with Crippen molar-refractivity contribution in [3.05, 3.63) is 29.8 Å². The molecule has 0 saturated carbocycles. The monoisotopic (exact) mass is 279 g/mol. The van der Waals surface area contributed by atoms with Crippen molar-refractivity contribution >= 4 is 5.91 Å². The molecule has 1 aromatic carbocycles. The molecule has 0 fully saturated rings. The zero-order chi connectivity index (χ0) is 15.0. The van der Waals surface area contributed by atoms with Gasteiger partial charge in [0.2, 0.25) is 5.91 Å². The highest BCUT2D eigenvalue weighted by atomic mass is 16.5. The number of aliphatic hydroxyl groups excluding tert-OH is 1. The van der Waals surface area contributed by atoms with Crippen LogP contribution in [-0.4, -0.2) is 29.8 Å². The zero-order valence-corrected chi connectivity index (χ0v) is 12.6. The fourth-order valence-corrected chi connectivity index (χ4v) is 1.77. The summed E-state index contributed by atoms with van der Waals surface area (Å²) in [5.74, 6) is 0.818. The predicted octanol–water partition coefficient (Wildman–Crippen LogP) is 2.43. The van der Waals surface area contributed by atoms with Crippen LogP contribution in [0, 0.1) is 6.92 Å². The molecule has 0 aliphatic rings. The minimum absolute atomic E-state index is 0.0446. The van der Waals surface area contributed by atoms with Gasteiger partial charge in [-0.05, 0) is 38.3 Å². The molecule has 1 aromatic rings. The van der Waals surface area contributed by atoms with E-state index in [1.165, 1.54) is 0 Å². The fraction of sp³-hybridized carbons (Fsp3) is 0.562. The molecule has 0 aromatic heterocycles. The van der Waals surface area contributed by atoms with E-state index in [1.807, 2.05) is 45.0 Å². The van der Waals surface area contributed by atoms with E-state index in [2.05, 4.69) is 5.32 Å². The van der Waals surface area contributed by atoms with Gasteiger partial charge in [-0.2, -0.15) is 0 Å². The first-order valence-electron chi connectivity index (χ1n) is 7.11. The van der Waals surface area contributed by atoms with E-state index in [4.69, 9.17) is 4.74 Å². The number of ether oxygens (including phenoxy) is 1. The van der Waals surface area contributed by atoms with Crippen molar-refractivity contribution in [3.8, 4) is 5.75 Å².